The zero-order chi connectivity index (χ0) is 21.2. The van der Waals surface area contributed by atoms with E-state index in [4.69, 9.17) is 9.47 Å². The summed E-state index contributed by atoms with van der Waals surface area (Å²) in [4.78, 5) is 37.0. The fraction of sp³-hybridized carbons (Fsp3) is 0.550. The summed E-state index contributed by atoms with van der Waals surface area (Å²) < 4.78 is 10.1. The van der Waals surface area contributed by atoms with Crippen LogP contribution in [-0.4, -0.2) is 54.8 Å². The van der Waals surface area contributed by atoms with Gasteiger partial charge in [0.1, 0.15) is 17.7 Å². The maximum Gasteiger partial charge on any atom is 0.408 e. The zero-order valence-corrected chi connectivity index (χ0v) is 17.9. The van der Waals surface area contributed by atoms with E-state index >= 15 is 0 Å². The summed E-state index contributed by atoms with van der Waals surface area (Å²) >= 11 is 1.56. The van der Waals surface area contributed by atoms with Crippen LogP contribution < -0.4 is 10.6 Å². The van der Waals surface area contributed by atoms with Gasteiger partial charge in [-0.3, -0.25) is 4.79 Å². The first kappa shape index (κ1) is 23.8. The van der Waals surface area contributed by atoms with E-state index in [1.165, 1.54) is 7.11 Å². The molecule has 0 aliphatic carbocycles. The summed E-state index contributed by atoms with van der Waals surface area (Å²) in [6.07, 6.45) is 1.94. The number of esters is 1. The Labute approximate surface area is 170 Å². The van der Waals surface area contributed by atoms with Crippen molar-refractivity contribution in [3.8, 4) is 0 Å². The van der Waals surface area contributed by atoms with Gasteiger partial charge >= 0.3 is 12.1 Å². The number of methoxy groups -OCH3 is 1. The van der Waals surface area contributed by atoms with Gasteiger partial charge in [-0.15, -0.1) is 0 Å². The molecule has 0 saturated heterocycles. The average Bonchev–Trinajstić information content (AvgIpc) is 2.63. The molecule has 0 spiro atoms. The molecule has 7 nitrogen and oxygen atoms in total. The van der Waals surface area contributed by atoms with Crippen LogP contribution in [0.25, 0.3) is 0 Å². The maximum absolute atomic E-state index is 12.8. The SMILES string of the molecule is COC(=O)[C@H](Cc1ccccc1)NC(=O)[C@H](CCSC)NC(=O)OC(C)(C)C. The predicted molar refractivity (Wildman–Crippen MR) is 110 cm³/mol. The fourth-order valence-corrected chi connectivity index (χ4v) is 2.88. The highest BCUT2D eigenvalue weighted by Crippen LogP contribution is 2.09. The highest BCUT2D eigenvalue weighted by atomic mass is 32.2. The minimum Gasteiger partial charge on any atom is -0.467 e. The second-order valence-electron chi connectivity index (χ2n) is 7.25. The lowest BCUT2D eigenvalue weighted by atomic mass is 10.1. The van der Waals surface area contributed by atoms with Crippen LogP contribution in [0.1, 0.15) is 32.8 Å². The van der Waals surface area contributed by atoms with Gasteiger partial charge in [0.05, 0.1) is 7.11 Å². The van der Waals surface area contributed by atoms with Crippen molar-refractivity contribution in [1.29, 1.82) is 0 Å². The largest absolute Gasteiger partial charge is 0.467 e. The highest BCUT2D eigenvalue weighted by molar-refractivity contribution is 7.98. The van der Waals surface area contributed by atoms with Crippen molar-refractivity contribution < 1.29 is 23.9 Å². The Morgan fingerprint density at radius 3 is 2.25 bits per heavy atom. The van der Waals surface area contributed by atoms with Crippen molar-refractivity contribution in [3.63, 3.8) is 0 Å². The van der Waals surface area contributed by atoms with Crippen molar-refractivity contribution >= 4 is 29.7 Å². The van der Waals surface area contributed by atoms with E-state index in [2.05, 4.69) is 10.6 Å². The number of nitrogens with one attached hydrogen (secondary N) is 2. The van der Waals surface area contributed by atoms with Gasteiger partial charge in [-0.25, -0.2) is 9.59 Å². The van der Waals surface area contributed by atoms with Crippen LogP contribution in [0.3, 0.4) is 0 Å². The third kappa shape index (κ3) is 9.12. The lowest BCUT2D eigenvalue weighted by Gasteiger charge is -2.24. The first-order valence-electron chi connectivity index (χ1n) is 9.07. The van der Waals surface area contributed by atoms with Gasteiger partial charge in [0.15, 0.2) is 0 Å². The first-order chi connectivity index (χ1) is 13.2. The quantitative estimate of drug-likeness (QED) is 0.608. The first-order valence-corrected chi connectivity index (χ1v) is 10.5. The zero-order valence-electron chi connectivity index (χ0n) is 17.1. The van der Waals surface area contributed by atoms with Crippen LogP contribution in [0.2, 0.25) is 0 Å². The summed E-state index contributed by atoms with van der Waals surface area (Å²) in [6, 6.07) is 7.66. The summed E-state index contributed by atoms with van der Waals surface area (Å²) in [6.45, 7) is 5.24. The molecule has 0 heterocycles. The number of ether oxygens (including phenoxy) is 2. The summed E-state index contributed by atoms with van der Waals surface area (Å²) in [5.41, 5.74) is 0.214. The Bertz CT molecular complexity index is 646. The minimum atomic E-state index is -0.850. The predicted octanol–water partition coefficient (Wildman–Crippen LogP) is 2.53. The van der Waals surface area contributed by atoms with Gasteiger partial charge < -0.3 is 20.1 Å². The van der Waals surface area contributed by atoms with E-state index in [0.717, 1.165) is 5.56 Å². The number of rotatable bonds is 9. The van der Waals surface area contributed by atoms with Crippen LogP contribution >= 0.6 is 11.8 Å². The Hall–Kier alpha value is -2.22. The fourth-order valence-electron chi connectivity index (χ4n) is 2.41. The van der Waals surface area contributed by atoms with Crippen molar-refractivity contribution in [2.24, 2.45) is 0 Å². The minimum absolute atomic E-state index is 0.293. The standard InChI is InChI=1S/C20H30N2O5S/c1-20(2,3)27-19(25)22-15(11-12-28-5)17(23)21-16(18(24)26-4)13-14-9-7-6-8-10-14/h6-10,15-16H,11-13H2,1-5H3,(H,21,23)(H,22,25)/t15-,16-/m0/s1. The molecule has 0 fully saturated rings. The molecule has 28 heavy (non-hydrogen) atoms. The number of hydrogen-bond donors (Lipinski definition) is 2. The summed E-state index contributed by atoms with van der Waals surface area (Å²) in [5, 5.41) is 5.30. The Morgan fingerprint density at radius 1 is 1.07 bits per heavy atom. The van der Waals surface area contributed by atoms with E-state index in [9.17, 15) is 14.4 Å². The molecule has 2 atom stereocenters. The van der Waals surface area contributed by atoms with Crippen LogP contribution in [0.5, 0.6) is 0 Å². The van der Waals surface area contributed by atoms with Gasteiger partial charge in [-0.2, -0.15) is 11.8 Å². The van der Waals surface area contributed by atoms with Crippen LogP contribution in [0.4, 0.5) is 4.79 Å². The molecule has 8 heteroatoms. The molecule has 1 aromatic carbocycles. The van der Waals surface area contributed by atoms with Crippen molar-refractivity contribution in [2.45, 2.75) is 51.3 Å². The molecule has 0 radical (unpaired) electrons. The second-order valence-corrected chi connectivity index (χ2v) is 8.24. The number of carbonyl (C=O) groups is 3. The van der Waals surface area contributed by atoms with Gasteiger partial charge in [-0.1, -0.05) is 30.3 Å². The number of benzene rings is 1. The molecular formula is C20H30N2O5S. The molecule has 2 N–H and O–H groups in total. The van der Waals surface area contributed by atoms with Crippen LogP contribution in [-0.2, 0) is 25.5 Å². The molecular weight excluding hydrogens is 380 g/mol. The number of hydrogen-bond acceptors (Lipinski definition) is 6. The van der Waals surface area contributed by atoms with E-state index in [1.54, 1.807) is 32.5 Å². The van der Waals surface area contributed by atoms with Gasteiger partial charge in [-0.05, 0) is 44.8 Å². The third-order valence-corrected chi connectivity index (χ3v) is 4.35. The van der Waals surface area contributed by atoms with Crippen molar-refractivity contribution in [2.75, 3.05) is 19.1 Å². The second kappa shape index (κ2) is 11.6. The lowest BCUT2D eigenvalue weighted by Crippen LogP contribution is -2.53. The molecule has 0 saturated carbocycles. The van der Waals surface area contributed by atoms with Gasteiger partial charge in [0.25, 0.3) is 0 Å². The molecule has 0 aliphatic heterocycles. The number of thioether (sulfide) groups is 1. The molecule has 2 amide bonds. The van der Waals surface area contributed by atoms with Crippen LogP contribution in [0, 0.1) is 0 Å². The Morgan fingerprint density at radius 2 is 1.71 bits per heavy atom. The molecule has 1 rings (SSSR count). The number of alkyl carbamates (subject to hydrolysis) is 1. The highest BCUT2D eigenvalue weighted by Gasteiger charge is 2.28. The van der Waals surface area contributed by atoms with Crippen molar-refractivity contribution in [1.82, 2.24) is 10.6 Å². The smallest absolute Gasteiger partial charge is 0.408 e. The van der Waals surface area contributed by atoms with Gasteiger partial charge in [0.2, 0.25) is 5.91 Å². The number of carbonyl (C=O) groups excluding carboxylic acids is 3. The topological polar surface area (TPSA) is 93.7 Å². The Kier molecular flexibility index (Phi) is 9.85. The van der Waals surface area contributed by atoms with Crippen LogP contribution in [0.15, 0.2) is 30.3 Å². The van der Waals surface area contributed by atoms with Gasteiger partial charge in [0, 0.05) is 6.42 Å². The van der Waals surface area contributed by atoms with E-state index in [0.29, 0.717) is 18.6 Å². The third-order valence-electron chi connectivity index (χ3n) is 3.70. The monoisotopic (exact) mass is 410 g/mol. The molecule has 0 aromatic heterocycles. The maximum atomic E-state index is 12.8. The van der Waals surface area contributed by atoms with Crippen molar-refractivity contribution in [3.05, 3.63) is 35.9 Å². The van der Waals surface area contributed by atoms with E-state index < -0.39 is 35.7 Å². The summed E-state index contributed by atoms with van der Waals surface area (Å²) in [7, 11) is 1.27. The summed E-state index contributed by atoms with van der Waals surface area (Å²) in [5.74, 6) is -0.334. The Balaban J connectivity index is 2.85. The lowest BCUT2D eigenvalue weighted by molar-refractivity contribution is -0.145. The molecule has 0 bridgehead atoms. The van der Waals surface area contributed by atoms with E-state index in [-0.39, 0.29) is 0 Å². The number of amides is 2. The normalized spacial score (nSPS) is 13.2. The molecule has 0 unspecified atom stereocenters. The average molecular weight is 411 g/mol. The molecule has 156 valence electrons. The van der Waals surface area contributed by atoms with E-state index in [1.807, 2.05) is 36.6 Å². The molecule has 0 aliphatic rings. The molecule has 1 aromatic rings.